The molecule has 2 amide bonds. The fraction of sp³-hybridized carbons (Fsp3) is 0.846. The van der Waals surface area contributed by atoms with Crippen molar-refractivity contribution in [2.24, 2.45) is 11.8 Å². The maximum absolute atomic E-state index is 12.0. The van der Waals surface area contributed by atoms with Gasteiger partial charge in [-0.2, -0.15) is 0 Å². The largest absolute Gasteiger partial charge is 0.481 e. The minimum atomic E-state index is -0.905. The van der Waals surface area contributed by atoms with Gasteiger partial charge in [-0.1, -0.05) is 13.8 Å². The first-order valence-electron chi connectivity index (χ1n) is 6.82. The number of nitrogens with zero attached hydrogens (tertiary/aromatic N) is 1. The Labute approximate surface area is 113 Å². The van der Waals surface area contributed by atoms with Crippen LogP contribution in [0, 0.1) is 11.8 Å². The first-order valence-corrected chi connectivity index (χ1v) is 6.82. The van der Waals surface area contributed by atoms with E-state index in [2.05, 4.69) is 5.32 Å². The van der Waals surface area contributed by atoms with Crippen LogP contribution in [0.15, 0.2) is 0 Å². The number of piperidine rings is 1. The maximum atomic E-state index is 12.0. The molecule has 0 aromatic heterocycles. The molecule has 0 radical (unpaired) electrons. The molecule has 1 aliphatic rings. The lowest BCUT2D eigenvalue weighted by Gasteiger charge is -2.33. The van der Waals surface area contributed by atoms with E-state index >= 15 is 0 Å². The van der Waals surface area contributed by atoms with Crippen molar-refractivity contribution < 1.29 is 19.8 Å². The van der Waals surface area contributed by atoms with Gasteiger partial charge in [-0.25, -0.2) is 4.79 Å². The van der Waals surface area contributed by atoms with Crippen LogP contribution in [-0.2, 0) is 4.79 Å². The molecule has 1 unspecified atom stereocenters. The van der Waals surface area contributed by atoms with Crippen molar-refractivity contribution >= 4 is 12.0 Å². The normalized spacial score (nSPS) is 18.4. The van der Waals surface area contributed by atoms with Gasteiger partial charge in [-0.15, -0.1) is 0 Å². The Morgan fingerprint density at radius 3 is 2.32 bits per heavy atom. The number of aliphatic hydroxyl groups excluding tert-OH is 1. The summed E-state index contributed by atoms with van der Waals surface area (Å²) in [6, 6.07) is -0.545. The number of hydrogen-bond donors (Lipinski definition) is 3. The van der Waals surface area contributed by atoms with E-state index in [1.807, 2.05) is 13.8 Å². The molecule has 0 aromatic carbocycles. The molecule has 1 rings (SSSR count). The Kier molecular flexibility index (Phi) is 6.08. The minimum absolute atomic E-state index is 0.0590. The molecule has 0 aliphatic carbocycles. The van der Waals surface area contributed by atoms with Gasteiger partial charge in [0, 0.05) is 25.7 Å². The summed E-state index contributed by atoms with van der Waals surface area (Å²) in [6.07, 6.45) is 1.54. The molecule has 1 fully saturated rings. The number of likely N-dealkylation sites (tertiary alicyclic amines) is 1. The molecule has 0 saturated carbocycles. The van der Waals surface area contributed by atoms with Crippen molar-refractivity contribution in [1.82, 2.24) is 10.2 Å². The van der Waals surface area contributed by atoms with Gasteiger partial charge in [0.2, 0.25) is 0 Å². The lowest BCUT2D eigenvalue weighted by atomic mass is 9.98. The smallest absolute Gasteiger partial charge is 0.317 e. The molecule has 1 saturated heterocycles. The molecule has 1 aliphatic heterocycles. The second kappa shape index (κ2) is 7.33. The fourth-order valence-electron chi connectivity index (χ4n) is 2.21. The molecular formula is C13H24N2O4. The third-order valence-electron chi connectivity index (χ3n) is 3.67. The molecular weight excluding hydrogens is 248 g/mol. The summed E-state index contributed by atoms with van der Waals surface area (Å²) >= 11 is 0. The van der Waals surface area contributed by atoms with Crippen molar-refractivity contribution in [1.29, 1.82) is 0 Å². The zero-order chi connectivity index (χ0) is 14.4. The van der Waals surface area contributed by atoms with Crippen LogP contribution in [0.4, 0.5) is 4.79 Å². The molecule has 0 bridgehead atoms. The number of aliphatic carboxylic acids is 1. The predicted molar refractivity (Wildman–Crippen MR) is 70.8 cm³/mol. The molecule has 6 nitrogen and oxygen atoms in total. The summed E-state index contributed by atoms with van der Waals surface area (Å²) in [5.41, 5.74) is 0. The molecule has 110 valence electrons. The van der Waals surface area contributed by atoms with Crippen LogP contribution in [0.3, 0.4) is 0 Å². The van der Waals surface area contributed by atoms with Crippen molar-refractivity contribution in [2.45, 2.75) is 39.2 Å². The summed E-state index contributed by atoms with van der Waals surface area (Å²) in [6.45, 7) is 5.20. The summed E-state index contributed by atoms with van der Waals surface area (Å²) < 4.78 is 0. The lowest BCUT2D eigenvalue weighted by molar-refractivity contribution is -0.137. The van der Waals surface area contributed by atoms with Gasteiger partial charge >= 0.3 is 12.0 Å². The fourth-order valence-corrected chi connectivity index (χ4v) is 2.21. The Morgan fingerprint density at radius 1 is 1.32 bits per heavy atom. The Morgan fingerprint density at radius 2 is 1.89 bits per heavy atom. The number of carboxylic acids is 1. The van der Waals surface area contributed by atoms with Crippen molar-refractivity contribution in [3.05, 3.63) is 0 Å². The number of amides is 2. The first kappa shape index (κ1) is 15.8. The minimum Gasteiger partial charge on any atom is -0.481 e. The molecule has 6 heteroatoms. The highest BCUT2D eigenvalue weighted by Crippen LogP contribution is 2.17. The van der Waals surface area contributed by atoms with Crippen molar-refractivity contribution in [3.63, 3.8) is 0 Å². The molecule has 0 aromatic rings. The van der Waals surface area contributed by atoms with Gasteiger partial charge in [-0.05, 0) is 24.7 Å². The van der Waals surface area contributed by atoms with Crippen LogP contribution < -0.4 is 5.32 Å². The lowest BCUT2D eigenvalue weighted by Crippen LogP contribution is -2.50. The van der Waals surface area contributed by atoms with E-state index in [1.165, 1.54) is 0 Å². The monoisotopic (exact) mass is 272 g/mol. The molecule has 3 N–H and O–H groups in total. The van der Waals surface area contributed by atoms with E-state index in [0.29, 0.717) is 13.1 Å². The van der Waals surface area contributed by atoms with E-state index in [4.69, 9.17) is 10.2 Å². The van der Waals surface area contributed by atoms with Crippen LogP contribution in [0.5, 0.6) is 0 Å². The molecule has 19 heavy (non-hydrogen) atoms. The number of hydrogen-bond acceptors (Lipinski definition) is 3. The van der Waals surface area contributed by atoms with Crippen LogP contribution in [-0.4, -0.2) is 52.9 Å². The summed E-state index contributed by atoms with van der Waals surface area (Å²) in [5, 5.41) is 20.7. The van der Waals surface area contributed by atoms with Gasteiger partial charge in [-0.3, -0.25) is 4.79 Å². The van der Waals surface area contributed by atoms with Crippen LogP contribution in [0.25, 0.3) is 0 Å². The number of urea groups is 1. The van der Waals surface area contributed by atoms with E-state index in [9.17, 15) is 9.59 Å². The number of carbonyl (C=O) groups is 2. The molecule has 1 atom stereocenters. The summed E-state index contributed by atoms with van der Waals surface area (Å²) in [4.78, 5) is 24.5. The van der Waals surface area contributed by atoms with E-state index in [0.717, 1.165) is 12.8 Å². The van der Waals surface area contributed by atoms with Gasteiger partial charge < -0.3 is 20.4 Å². The van der Waals surface area contributed by atoms with Crippen molar-refractivity contribution in [2.75, 3.05) is 19.7 Å². The molecule has 1 heterocycles. The highest BCUT2D eigenvalue weighted by molar-refractivity contribution is 5.76. The third-order valence-corrected chi connectivity index (χ3v) is 3.67. The quantitative estimate of drug-likeness (QED) is 0.693. The Balaban J connectivity index is 2.46. The van der Waals surface area contributed by atoms with E-state index < -0.39 is 5.97 Å². The summed E-state index contributed by atoms with van der Waals surface area (Å²) in [5.74, 6) is -0.544. The predicted octanol–water partition coefficient (Wildman–Crippen LogP) is 0.900. The number of carboxylic acid groups (broad SMARTS) is 1. The number of rotatable bonds is 5. The topological polar surface area (TPSA) is 89.9 Å². The first-order chi connectivity index (χ1) is 8.93. The van der Waals surface area contributed by atoms with Crippen molar-refractivity contribution in [3.8, 4) is 0 Å². The zero-order valence-electron chi connectivity index (χ0n) is 11.6. The standard InChI is InChI=1S/C13H24N2O4/c1-9(2)11(7-12(17)18)14-13(19)15-5-3-10(8-16)4-6-15/h9-11,16H,3-8H2,1-2H3,(H,14,19)(H,17,18). The van der Waals surface area contributed by atoms with E-state index in [1.54, 1.807) is 4.90 Å². The Bertz CT molecular complexity index is 312. The average Bonchev–Trinajstić information content (AvgIpc) is 2.37. The van der Waals surface area contributed by atoms with Gasteiger partial charge in [0.1, 0.15) is 0 Å². The van der Waals surface area contributed by atoms with Gasteiger partial charge in [0.15, 0.2) is 0 Å². The highest BCUT2D eigenvalue weighted by atomic mass is 16.4. The number of carbonyl (C=O) groups excluding carboxylic acids is 1. The highest BCUT2D eigenvalue weighted by Gasteiger charge is 2.25. The zero-order valence-corrected chi connectivity index (χ0v) is 11.6. The maximum Gasteiger partial charge on any atom is 0.317 e. The van der Waals surface area contributed by atoms with Crippen LogP contribution in [0.1, 0.15) is 33.1 Å². The number of nitrogens with one attached hydrogen (secondary N) is 1. The third kappa shape index (κ3) is 5.06. The molecule has 0 spiro atoms. The van der Waals surface area contributed by atoms with Crippen LogP contribution in [0.2, 0.25) is 0 Å². The second-order valence-corrected chi connectivity index (χ2v) is 5.51. The van der Waals surface area contributed by atoms with Gasteiger partial charge in [0.05, 0.1) is 6.42 Å². The number of aliphatic hydroxyl groups is 1. The Hall–Kier alpha value is -1.30. The summed E-state index contributed by atoms with van der Waals surface area (Å²) in [7, 11) is 0. The average molecular weight is 272 g/mol. The van der Waals surface area contributed by atoms with Crippen LogP contribution >= 0.6 is 0 Å². The SMILES string of the molecule is CC(C)C(CC(=O)O)NC(=O)N1CCC(CO)CC1. The van der Waals surface area contributed by atoms with E-state index in [-0.39, 0.29) is 36.9 Å². The second-order valence-electron chi connectivity index (χ2n) is 5.51. The van der Waals surface area contributed by atoms with Gasteiger partial charge in [0.25, 0.3) is 0 Å².